The minimum Gasteiger partial charge on any atom is -0.374 e. The molecule has 0 atom stereocenters. The molecule has 0 N–H and O–H groups in total. The molecule has 0 heterocycles. The van der Waals surface area contributed by atoms with Gasteiger partial charge in [-0.3, -0.25) is 0 Å². The zero-order valence-corrected chi connectivity index (χ0v) is 9.72. The lowest BCUT2D eigenvalue weighted by molar-refractivity contribution is 0.138. The summed E-state index contributed by atoms with van der Waals surface area (Å²) in [5.74, 6) is 0. The van der Waals surface area contributed by atoms with Crippen LogP contribution >= 0.6 is 0 Å². The van der Waals surface area contributed by atoms with Crippen molar-refractivity contribution in [1.29, 1.82) is 0 Å². The average molecular weight is 192 g/mol. The maximum absolute atomic E-state index is 4.96. The van der Waals surface area contributed by atoms with Gasteiger partial charge >= 0.3 is 8.80 Å². The first kappa shape index (κ1) is 14.4. The van der Waals surface area contributed by atoms with Crippen molar-refractivity contribution in [2.75, 3.05) is 21.3 Å². The first-order valence-corrected chi connectivity index (χ1v) is 5.75. The zero-order valence-electron chi connectivity index (χ0n) is 8.72. The van der Waals surface area contributed by atoms with Crippen LogP contribution in [-0.2, 0) is 13.3 Å². The van der Waals surface area contributed by atoms with E-state index < -0.39 is 8.80 Å². The summed E-state index contributed by atoms with van der Waals surface area (Å²) in [6, 6.07) is 0. The third-order valence-electron chi connectivity index (χ3n) is 1.10. The van der Waals surface area contributed by atoms with Crippen LogP contribution in [0.25, 0.3) is 0 Å². The SMILES string of the molecule is C=C[Si](OC)(OC)OC.CCC. The molecule has 0 aromatic heterocycles. The van der Waals surface area contributed by atoms with Gasteiger partial charge in [-0.2, -0.15) is 0 Å². The second kappa shape index (κ2) is 8.93. The van der Waals surface area contributed by atoms with Crippen LogP contribution in [0.4, 0.5) is 0 Å². The van der Waals surface area contributed by atoms with Crippen LogP contribution in [0, 0.1) is 0 Å². The Kier molecular flexibility index (Phi) is 10.7. The Bertz CT molecular complexity index is 94.2. The van der Waals surface area contributed by atoms with Gasteiger partial charge in [0.25, 0.3) is 0 Å². The summed E-state index contributed by atoms with van der Waals surface area (Å²) >= 11 is 0. The van der Waals surface area contributed by atoms with Gasteiger partial charge in [0.15, 0.2) is 0 Å². The van der Waals surface area contributed by atoms with Gasteiger partial charge in [-0.25, -0.2) is 0 Å². The molecule has 3 nitrogen and oxygen atoms in total. The van der Waals surface area contributed by atoms with Crippen molar-refractivity contribution in [3.63, 3.8) is 0 Å². The van der Waals surface area contributed by atoms with E-state index >= 15 is 0 Å². The number of hydrogen-bond acceptors (Lipinski definition) is 3. The lowest BCUT2D eigenvalue weighted by atomic mass is 10.6. The van der Waals surface area contributed by atoms with Gasteiger partial charge in [0.05, 0.1) is 0 Å². The molecule has 0 rings (SSSR count). The van der Waals surface area contributed by atoms with Crippen LogP contribution in [0.1, 0.15) is 20.3 Å². The predicted octanol–water partition coefficient (Wildman–Crippen LogP) is 2.01. The van der Waals surface area contributed by atoms with E-state index in [2.05, 4.69) is 20.4 Å². The topological polar surface area (TPSA) is 27.7 Å². The highest BCUT2D eigenvalue weighted by Crippen LogP contribution is 2.04. The summed E-state index contributed by atoms with van der Waals surface area (Å²) in [7, 11) is 2.20. The third kappa shape index (κ3) is 5.48. The smallest absolute Gasteiger partial charge is 0.374 e. The lowest BCUT2D eigenvalue weighted by Crippen LogP contribution is -2.40. The molecular formula is C8H20O3Si. The molecule has 0 aliphatic heterocycles. The fraction of sp³-hybridized carbons (Fsp3) is 0.750. The minimum absolute atomic E-state index is 1.25. The van der Waals surface area contributed by atoms with Gasteiger partial charge in [0.2, 0.25) is 0 Å². The molecule has 0 radical (unpaired) electrons. The predicted molar refractivity (Wildman–Crippen MR) is 52.9 cm³/mol. The summed E-state index contributed by atoms with van der Waals surface area (Å²) in [4.78, 5) is 0. The normalized spacial score (nSPS) is 10.1. The summed E-state index contributed by atoms with van der Waals surface area (Å²) in [5.41, 5.74) is 1.58. The van der Waals surface area contributed by atoms with Gasteiger partial charge < -0.3 is 13.3 Å². The van der Waals surface area contributed by atoms with Crippen molar-refractivity contribution >= 4 is 8.80 Å². The molecule has 0 aliphatic rings. The second-order valence-electron chi connectivity index (χ2n) is 2.13. The molecule has 0 unspecified atom stereocenters. The highest BCUT2D eigenvalue weighted by Gasteiger charge is 2.33. The van der Waals surface area contributed by atoms with Crippen molar-refractivity contribution in [3.8, 4) is 0 Å². The Morgan fingerprint density at radius 2 is 1.33 bits per heavy atom. The highest BCUT2D eigenvalue weighted by atomic mass is 28.4. The molecule has 0 bridgehead atoms. The van der Waals surface area contributed by atoms with Crippen molar-refractivity contribution in [2.45, 2.75) is 20.3 Å². The molecular weight excluding hydrogens is 172 g/mol. The maximum atomic E-state index is 4.96. The van der Waals surface area contributed by atoms with Crippen molar-refractivity contribution < 1.29 is 13.3 Å². The summed E-state index contributed by atoms with van der Waals surface area (Å²) < 4.78 is 14.9. The largest absolute Gasteiger partial charge is 0.528 e. The number of hydrogen-bond donors (Lipinski definition) is 0. The first-order chi connectivity index (χ1) is 5.66. The van der Waals surface area contributed by atoms with Gasteiger partial charge in [-0.05, 0) is 5.70 Å². The van der Waals surface area contributed by atoms with E-state index in [1.54, 1.807) is 27.0 Å². The van der Waals surface area contributed by atoms with Gasteiger partial charge in [-0.15, -0.1) is 0 Å². The molecule has 0 aromatic rings. The van der Waals surface area contributed by atoms with Crippen LogP contribution in [-0.4, -0.2) is 30.1 Å². The number of rotatable bonds is 4. The maximum Gasteiger partial charge on any atom is 0.528 e. The molecule has 12 heavy (non-hydrogen) atoms. The van der Waals surface area contributed by atoms with Crippen molar-refractivity contribution in [2.24, 2.45) is 0 Å². The third-order valence-corrected chi connectivity index (χ3v) is 3.31. The standard InChI is InChI=1S/C5H12O3Si.C3H8/c1-5-9(6-2,7-3)8-4;1-3-2/h5H,1H2,2-4H3;3H2,1-2H3. The van der Waals surface area contributed by atoms with Crippen molar-refractivity contribution in [3.05, 3.63) is 12.3 Å². The highest BCUT2D eigenvalue weighted by molar-refractivity contribution is 6.66. The Morgan fingerprint density at radius 1 is 1.08 bits per heavy atom. The molecule has 0 saturated heterocycles. The molecule has 0 aliphatic carbocycles. The Balaban J connectivity index is 0. The average Bonchev–Trinajstić information content (AvgIpc) is 2.11. The Morgan fingerprint density at radius 3 is 1.33 bits per heavy atom. The summed E-state index contributed by atoms with van der Waals surface area (Å²) in [6.45, 7) is 7.78. The molecule has 74 valence electrons. The summed E-state index contributed by atoms with van der Waals surface area (Å²) in [6.07, 6.45) is 1.25. The van der Waals surface area contributed by atoms with E-state index in [0.29, 0.717) is 0 Å². The molecule has 0 amide bonds. The Hall–Kier alpha value is -0.163. The second-order valence-corrected chi connectivity index (χ2v) is 4.97. The zero-order chi connectivity index (χ0) is 10.0. The lowest BCUT2D eigenvalue weighted by Gasteiger charge is -2.19. The van der Waals surface area contributed by atoms with Gasteiger partial charge in [-0.1, -0.05) is 26.8 Å². The van der Waals surface area contributed by atoms with Crippen LogP contribution in [0.2, 0.25) is 0 Å². The molecule has 0 spiro atoms. The van der Waals surface area contributed by atoms with Crippen LogP contribution in [0.15, 0.2) is 12.3 Å². The Labute approximate surface area is 76.7 Å². The first-order valence-electron chi connectivity index (χ1n) is 3.95. The molecule has 0 aromatic carbocycles. The molecule has 0 fully saturated rings. The van der Waals surface area contributed by atoms with E-state index in [9.17, 15) is 0 Å². The van der Waals surface area contributed by atoms with E-state index in [1.165, 1.54) is 6.42 Å². The van der Waals surface area contributed by atoms with Crippen molar-refractivity contribution in [1.82, 2.24) is 0 Å². The van der Waals surface area contributed by atoms with Crippen LogP contribution in [0.3, 0.4) is 0 Å². The minimum atomic E-state index is -2.43. The van der Waals surface area contributed by atoms with E-state index in [4.69, 9.17) is 13.3 Å². The van der Waals surface area contributed by atoms with Gasteiger partial charge in [0, 0.05) is 21.3 Å². The van der Waals surface area contributed by atoms with Crippen LogP contribution < -0.4 is 0 Å². The molecule has 4 heteroatoms. The van der Waals surface area contributed by atoms with Crippen LogP contribution in [0.5, 0.6) is 0 Å². The molecule has 0 saturated carbocycles. The fourth-order valence-corrected chi connectivity index (χ4v) is 1.50. The van der Waals surface area contributed by atoms with E-state index in [0.717, 1.165) is 0 Å². The summed E-state index contributed by atoms with van der Waals surface area (Å²) in [5, 5.41) is 0. The fourth-order valence-electron chi connectivity index (χ4n) is 0.500. The van der Waals surface area contributed by atoms with E-state index in [-0.39, 0.29) is 0 Å². The quantitative estimate of drug-likeness (QED) is 0.638. The monoisotopic (exact) mass is 192 g/mol. The van der Waals surface area contributed by atoms with Gasteiger partial charge in [0.1, 0.15) is 0 Å². The van der Waals surface area contributed by atoms with E-state index in [1.807, 2.05) is 0 Å².